The second kappa shape index (κ2) is 5.96. The van der Waals surface area contributed by atoms with Crippen LogP contribution >= 0.6 is 11.3 Å². The highest BCUT2D eigenvalue weighted by atomic mass is 32.1. The second-order valence-corrected chi connectivity index (χ2v) is 9.33. The summed E-state index contributed by atoms with van der Waals surface area (Å²) in [6.45, 7) is 6.24. The number of aryl methyl sites for hydroxylation is 1. The van der Waals surface area contributed by atoms with Crippen molar-refractivity contribution >= 4 is 80.9 Å². The molecule has 31 heavy (non-hydrogen) atoms. The van der Waals surface area contributed by atoms with Crippen molar-refractivity contribution in [1.82, 2.24) is 4.98 Å². The third-order valence-corrected chi connectivity index (χ3v) is 7.97. The molecule has 7 aromatic rings. The molecule has 2 heteroatoms. The van der Waals surface area contributed by atoms with E-state index in [9.17, 15) is 0 Å². The van der Waals surface area contributed by atoms with Crippen LogP contribution in [0.5, 0.6) is 0 Å². The quantitative estimate of drug-likeness (QED) is 0.276. The van der Waals surface area contributed by atoms with Crippen molar-refractivity contribution in [3.8, 4) is 0 Å². The number of aromatic nitrogens is 1. The van der Waals surface area contributed by atoms with E-state index in [2.05, 4.69) is 91.3 Å². The number of hydrogen-bond donors (Lipinski definition) is 1. The number of fused-ring (bicyclic) bond motifs is 12. The van der Waals surface area contributed by atoms with Crippen LogP contribution in [-0.2, 0) is 0 Å². The van der Waals surface area contributed by atoms with Crippen molar-refractivity contribution in [2.24, 2.45) is 0 Å². The van der Waals surface area contributed by atoms with Gasteiger partial charge in [-0.1, -0.05) is 85.5 Å². The van der Waals surface area contributed by atoms with Crippen LogP contribution in [0.2, 0.25) is 0 Å². The summed E-state index contributed by atoms with van der Waals surface area (Å²) in [7, 11) is 0. The molecule has 146 valence electrons. The molecule has 2 aromatic heterocycles. The van der Waals surface area contributed by atoms with Gasteiger partial charge in [-0.2, -0.15) is 0 Å². The third kappa shape index (κ3) is 2.10. The van der Waals surface area contributed by atoms with Gasteiger partial charge in [0.05, 0.1) is 15.7 Å². The van der Waals surface area contributed by atoms with Gasteiger partial charge in [0.2, 0.25) is 0 Å². The topological polar surface area (TPSA) is 15.8 Å². The lowest BCUT2D eigenvalue weighted by Gasteiger charge is -2.05. The molecule has 5 aromatic carbocycles. The normalized spacial score (nSPS) is 12.2. The molecule has 0 amide bonds. The first kappa shape index (κ1) is 17.1. The van der Waals surface area contributed by atoms with Crippen molar-refractivity contribution in [2.75, 3.05) is 0 Å². The Hall–Kier alpha value is -3.62. The van der Waals surface area contributed by atoms with Crippen LogP contribution in [0.1, 0.15) is 11.1 Å². The van der Waals surface area contributed by atoms with E-state index >= 15 is 0 Å². The fraction of sp³-hybridized carbons (Fsp3) is 0.0345. The van der Waals surface area contributed by atoms with E-state index in [-0.39, 0.29) is 0 Å². The molecule has 0 saturated heterocycles. The molecule has 0 saturated carbocycles. The Morgan fingerprint density at radius 2 is 1.39 bits per heavy atom. The zero-order valence-corrected chi connectivity index (χ0v) is 17.9. The number of H-pyrrole nitrogens is 1. The molecule has 2 heterocycles. The minimum atomic E-state index is 1.19. The van der Waals surface area contributed by atoms with Gasteiger partial charge in [0.15, 0.2) is 0 Å². The van der Waals surface area contributed by atoms with Crippen LogP contribution in [0, 0.1) is 6.92 Å². The lowest BCUT2D eigenvalue weighted by atomic mass is 9.97. The van der Waals surface area contributed by atoms with Crippen molar-refractivity contribution in [3.05, 3.63) is 90.5 Å². The highest BCUT2D eigenvalue weighted by Crippen LogP contribution is 2.47. The minimum absolute atomic E-state index is 1.19. The molecule has 1 N–H and O–H groups in total. The average Bonchev–Trinajstić information content (AvgIpc) is 3.38. The Morgan fingerprint density at radius 3 is 2.19 bits per heavy atom. The molecule has 0 fully saturated rings. The monoisotopic (exact) mass is 413 g/mol. The molecule has 0 aliphatic rings. The van der Waals surface area contributed by atoms with Crippen LogP contribution in [0.15, 0.2) is 79.4 Å². The lowest BCUT2D eigenvalue weighted by molar-refractivity contribution is 1.45. The van der Waals surface area contributed by atoms with Crippen LogP contribution in [0.25, 0.3) is 69.6 Å². The van der Waals surface area contributed by atoms with Crippen molar-refractivity contribution < 1.29 is 0 Å². The van der Waals surface area contributed by atoms with Gasteiger partial charge in [-0.05, 0) is 34.0 Å². The summed E-state index contributed by atoms with van der Waals surface area (Å²) in [6, 6.07) is 26.6. The molecule has 0 aliphatic carbocycles. The first-order valence-electron chi connectivity index (χ1n) is 10.6. The summed E-state index contributed by atoms with van der Waals surface area (Å²) in [5.41, 5.74) is 4.86. The second-order valence-electron chi connectivity index (χ2n) is 8.31. The van der Waals surface area contributed by atoms with Crippen molar-refractivity contribution in [2.45, 2.75) is 6.92 Å². The van der Waals surface area contributed by atoms with Gasteiger partial charge >= 0.3 is 0 Å². The van der Waals surface area contributed by atoms with Crippen molar-refractivity contribution in [1.29, 1.82) is 0 Å². The van der Waals surface area contributed by atoms with E-state index < -0.39 is 0 Å². The Bertz CT molecular complexity index is 1860. The number of aromatic amines is 1. The number of hydrogen-bond acceptors (Lipinski definition) is 1. The van der Waals surface area contributed by atoms with E-state index in [1.54, 1.807) is 0 Å². The van der Waals surface area contributed by atoms with Gasteiger partial charge < -0.3 is 4.98 Å². The number of nitrogens with one attached hydrogen (secondary N) is 1. The van der Waals surface area contributed by atoms with Gasteiger partial charge in [0, 0.05) is 31.8 Å². The fourth-order valence-corrected chi connectivity index (χ4v) is 6.65. The van der Waals surface area contributed by atoms with E-state index in [1.165, 1.54) is 74.6 Å². The number of thiophene rings is 1. The molecule has 7 rings (SSSR count). The van der Waals surface area contributed by atoms with E-state index in [4.69, 9.17) is 0 Å². The summed E-state index contributed by atoms with van der Waals surface area (Å²) < 4.78 is 2.70. The smallest absolute Gasteiger partial charge is 0.0653 e. The molecule has 0 unspecified atom stereocenters. The fourth-order valence-electron chi connectivity index (χ4n) is 5.29. The molecule has 0 bridgehead atoms. The summed E-state index contributed by atoms with van der Waals surface area (Å²) >= 11 is 1.91. The molecule has 1 nitrogen and oxygen atoms in total. The third-order valence-electron chi connectivity index (χ3n) is 6.71. The van der Waals surface area contributed by atoms with Crippen molar-refractivity contribution in [3.63, 3.8) is 0 Å². The standard InChI is InChI=1S/C29H19NS/c1-3-18-16(2)12-14-22-24-20-10-6-7-11-21(20)25-23-15-13-17-8-4-5-9-19(17)28(23)31-29(25)27(24)30-26(18)22/h3-15,30H,1H2,2H3. The summed E-state index contributed by atoms with van der Waals surface area (Å²) in [5, 5.41) is 10.6. The number of benzene rings is 5. The molecule has 0 spiro atoms. The zero-order valence-electron chi connectivity index (χ0n) is 17.1. The Balaban J connectivity index is 1.84. The Kier molecular flexibility index (Phi) is 3.29. The van der Waals surface area contributed by atoms with E-state index in [1.807, 2.05) is 17.4 Å². The Morgan fingerprint density at radius 1 is 0.677 bits per heavy atom. The Labute approximate surface area is 183 Å². The molecule has 0 radical (unpaired) electrons. The lowest BCUT2D eigenvalue weighted by Crippen LogP contribution is -1.82. The molecular weight excluding hydrogens is 394 g/mol. The SMILES string of the molecule is C=Cc1c(C)ccc2c1[nH]c1c3sc4c5ccccc5ccc4c3c3ccccc3c21. The van der Waals surface area contributed by atoms with Crippen LogP contribution in [0.3, 0.4) is 0 Å². The number of rotatable bonds is 1. The molecule has 0 aliphatic heterocycles. The first-order chi connectivity index (χ1) is 15.3. The predicted molar refractivity (Wildman–Crippen MR) is 139 cm³/mol. The summed E-state index contributed by atoms with van der Waals surface area (Å²) in [6.07, 6.45) is 1.98. The van der Waals surface area contributed by atoms with Gasteiger partial charge in [0.25, 0.3) is 0 Å². The van der Waals surface area contributed by atoms with Gasteiger partial charge in [-0.25, -0.2) is 0 Å². The average molecular weight is 414 g/mol. The molecular formula is C29H19NS. The summed E-state index contributed by atoms with van der Waals surface area (Å²) in [4.78, 5) is 3.82. The van der Waals surface area contributed by atoms with Gasteiger partial charge in [-0.15, -0.1) is 11.3 Å². The van der Waals surface area contributed by atoms with Crippen LogP contribution < -0.4 is 0 Å². The van der Waals surface area contributed by atoms with Crippen LogP contribution in [0.4, 0.5) is 0 Å². The maximum absolute atomic E-state index is 4.09. The maximum Gasteiger partial charge on any atom is 0.0653 e. The maximum atomic E-state index is 4.09. The van der Waals surface area contributed by atoms with Gasteiger partial charge in [-0.3, -0.25) is 0 Å². The highest BCUT2D eigenvalue weighted by molar-refractivity contribution is 7.27. The molecule has 0 atom stereocenters. The summed E-state index contributed by atoms with van der Waals surface area (Å²) in [5.74, 6) is 0. The first-order valence-corrected chi connectivity index (χ1v) is 11.4. The van der Waals surface area contributed by atoms with E-state index in [0.717, 1.165) is 0 Å². The predicted octanol–water partition coefficient (Wildman–Crippen LogP) is 8.95. The zero-order chi connectivity index (χ0) is 20.7. The minimum Gasteiger partial charge on any atom is -0.353 e. The van der Waals surface area contributed by atoms with E-state index in [0.29, 0.717) is 0 Å². The highest BCUT2D eigenvalue weighted by Gasteiger charge is 2.19. The van der Waals surface area contributed by atoms with Gasteiger partial charge in [0.1, 0.15) is 0 Å². The van der Waals surface area contributed by atoms with Crippen LogP contribution in [-0.4, -0.2) is 4.98 Å². The largest absolute Gasteiger partial charge is 0.353 e.